The molecule has 2 N–H and O–H groups in total. The minimum Gasteiger partial charge on any atom is -0.296 e. The Labute approximate surface area is 170 Å². The van der Waals surface area contributed by atoms with Crippen molar-refractivity contribution in [3.63, 3.8) is 0 Å². The molecule has 0 radical (unpaired) electrons. The minimum absolute atomic E-state index is 0.421. The first-order valence-corrected chi connectivity index (χ1v) is 10.1. The molecule has 3 aromatic rings. The van der Waals surface area contributed by atoms with Crippen LogP contribution in [0.3, 0.4) is 0 Å². The lowest BCUT2D eigenvalue weighted by Crippen LogP contribution is -2.35. The minimum atomic E-state index is -0.528. The van der Waals surface area contributed by atoms with Crippen LogP contribution in [0.15, 0.2) is 60.9 Å². The number of rotatable bonds is 6. The third kappa shape index (κ3) is 4.55. The zero-order chi connectivity index (χ0) is 20.1. The van der Waals surface area contributed by atoms with E-state index in [-0.39, 0.29) is 0 Å². The molecule has 1 amide bonds. The molecule has 0 spiro atoms. The maximum absolute atomic E-state index is 11.1. The van der Waals surface area contributed by atoms with Crippen LogP contribution in [0.2, 0.25) is 0 Å². The lowest BCUT2D eigenvalue weighted by molar-refractivity contribution is -0.124. The molecule has 3 heterocycles. The van der Waals surface area contributed by atoms with Crippen LogP contribution in [0.5, 0.6) is 0 Å². The monoisotopic (exact) mass is 390 g/mol. The maximum Gasteiger partial charge on any atom is 0.267 e. The third-order valence-electron chi connectivity index (χ3n) is 5.65. The van der Waals surface area contributed by atoms with Gasteiger partial charge in [0.2, 0.25) is 0 Å². The first-order valence-electron chi connectivity index (χ1n) is 10.1. The molecule has 150 valence electrons. The Bertz CT molecular complexity index is 994. The summed E-state index contributed by atoms with van der Waals surface area (Å²) in [5.74, 6) is -0.528. The summed E-state index contributed by atoms with van der Waals surface area (Å²) in [6, 6.07) is 14.9. The number of nitrogens with one attached hydrogen (secondary N) is 1. The van der Waals surface area contributed by atoms with E-state index in [2.05, 4.69) is 34.3 Å². The number of nitrogens with zero attached hydrogens (tertiary/aromatic N) is 3. The Morgan fingerprint density at radius 1 is 1.21 bits per heavy atom. The number of fused-ring (bicyclic) bond motifs is 1. The molecule has 1 aliphatic rings. The Hall–Kier alpha value is -2.96. The normalized spacial score (nSPS) is 17.8. The van der Waals surface area contributed by atoms with Gasteiger partial charge in [-0.3, -0.25) is 14.9 Å². The molecule has 0 bridgehead atoms. The summed E-state index contributed by atoms with van der Waals surface area (Å²) in [6.07, 6.45) is 11.6. The quantitative estimate of drug-likeness (QED) is 0.383. The van der Waals surface area contributed by atoms with Crippen LogP contribution in [0, 0.1) is 0 Å². The summed E-state index contributed by atoms with van der Waals surface area (Å²) < 4.78 is 1.94. The number of benzene rings is 1. The van der Waals surface area contributed by atoms with Crippen molar-refractivity contribution in [1.29, 1.82) is 0 Å². The van der Waals surface area contributed by atoms with E-state index in [1.807, 2.05) is 35.1 Å². The van der Waals surface area contributed by atoms with Crippen molar-refractivity contribution in [3.05, 3.63) is 77.6 Å². The van der Waals surface area contributed by atoms with Gasteiger partial charge < -0.3 is 0 Å². The molecule has 1 unspecified atom stereocenters. The Morgan fingerprint density at radius 3 is 2.90 bits per heavy atom. The SMILES string of the molecule is O=C(/C=C/c1ccc(C2CCCCN2CCc2cnn3ccccc23)cc1)NO. The molecule has 29 heavy (non-hydrogen) atoms. The molecule has 6 heteroatoms. The number of pyridine rings is 1. The van der Waals surface area contributed by atoms with Crippen molar-refractivity contribution in [2.45, 2.75) is 31.7 Å². The molecule has 4 rings (SSSR count). The van der Waals surface area contributed by atoms with Crippen molar-refractivity contribution >= 4 is 17.5 Å². The van der Waals surface area contributed by atoms with E-state index in [1.165, 1.54) is 35.6 Å². The highest BCUT2D eigenvalue weighted by Crippen LogP contribution is 2.31. The lowest BCUT2D eigenvalue weighted by atomic mass is 9.94. The molecule has 1 aliphatic heterocycles. The zero-order valence-corrected chi connectivity index (χ0v) is 16.4. The van der Waals surface area contributed by atoms with E-state index >= 15 is 0 Å². The molecule has 2 aromatic heterocycles. The van der Waals surface area contributed by atoms with Gasteiger partial charge in [0.15, 0.2) is 0 Å². The second-order valence-electron chi connectivity index (χ2n) is 7.47. The second kappa shape index (κ2) is 9.03. The fourth-order valence-electron chi connectivity index (χ4n) is 4.12. The van der Waals surface area contributed by atoms with Gasteiger partial charge in [-0.2, -0.15) is 5.10 Å². The van der Waals surface area contributed by atoms with Gasteiger partial charge in [0.1, 0.15) is 0 Å². The average Bonchev–Trinajstić information content (AvgIpc) is 3.20. The number of piperidine rings is 1. The van der Waals surface area contributed by atoms with E-state index in [0.717, 1.165) is 31.5 Å². The highest BCUT2D eigenvalue weighted by atomic mass is 16.5. The largest absolute Gasteiger partial charge is 0.296 e. The molecule has 0 aliphatic carbocycles. The van der Waals surface area contributed by atoms with Crippen LogP contribution in [0.1, 0.15) is 42.0 Å². The number of hydrogen-bond donors (Lipinski definition) is 2. The molecule has 1 atom stereocenters. The van der Waals surface area contributed by atoms with Gasteiger partial charge in [-0.15, -0.1) is 0 Å². The van der Waals surface area contributed by atoms with Gasteiger partial charge in [-0.25, -0.2) is 10.00 Å². The smallest absolute Gasteiger partial charge is 0.267 e. The molecule has 1 fully saturated rings. The summed E-state index contributed by atoms with van der Waals surface area (Å²) in [7, 11) is 0. The summed E-state index contributed by atoms with van der Waals surface area (Å²) in [6.45, 7) is 2.13. The highest BCUT2D eigenvalue weighted by Gasteiger charge is 2.23. The lowest BCUT2D eigenvalue weighted by Gasteiger charge is -2.36. The maximum atomic E-state index is 11.1. The first-order chi connectivity index (χ1) is 14.2. The summed E-state index contributed by atoms with van der Waals surface area (Å²) in [5.41, 5.74) is 6.33. The van der Waals surface area contributed by atoms with Crippen LogP contribution in [0.4, 0.5) is 0 Å². The van der Waals surface area contributed by atoms with E-state index in [4.69, 9.17) is 5.21 Å². The predicted molar refractivity (Wildman–Crippen MR) is 112 cm³/mol. The van der Waals surface area contributed by atoms with Crippen molar-refractivity contribution < 1.29 is 10.0 Å². The zero-order valence-electron chi connectivity index (χ0n) is 16.4. The van der Waals surface area contributed by atoms with Crippen LogP contribution >= 0.6 is 0 Å². The molecule has 1 aromatic carbocycles. The standard InChI is InChI=1S/C23H26N4O2/c28-23(25-29)12-9-18-7-10-19(11-8-18)21-5-1-3-14-26(21)16-13-20-17-24-27-15-4-2-6-22(20)27/h2,4,6-12,15,17,21,29H,1,3,5,13-14,16H2,(H,25,28)/b12-9+. The third-order valence-corrected chi connectivity index (χ3v) is 5.65. The molecule has 1 saturated heterocycles. The summed E-state index contributed by atoms with van der Waals surface area (Å²) >= 11 is 0. The van der Waals surface area contributed by atoms with E-state index < -0.39 is 5.91 Å². The van der Waals surface area contributed by atoms with Crippen molar-refractivity contribution in [2.75, 3.05) is 13.1 Å². The second-order valence-corrected chi connectivity index (χ2v) is 7.47. The van der Waals surface area contributed by atoms with Gasteiger partial charge >= 0.3 is 0 Å². The van der Waals surface area contributed by atoms with E-state index in [9.17, 15) is 4.79 Å². The Kier molecular flexibility index (Phi) is 6.03. The molecular weight excluding hydrogens is 364 g/mol. The van der Waals surface area contributed by atoms with Gasteiger partial charge in [0, 0.05) is 24.9 Å². The number of likely N-dealkylation sites (tertiary alicyclic amines) is 1. The van der Waals surface area contributed by atoms with Gasteiger partial charge in [-0.05, 0) is 60.7 Å². The van der Waals surface area contributed by atoms with Crippen molar-refractivity contribution in [3.8, 4) is 0 Å². The Morgan fingerprint density at radius 2 is 2.07 bits per heavy atom. The highest BCUT2D eigenvalue weighted by molar-refractivity contribution is 5.90. The number of hydroxylamine groups is 1. The molecule has 6 nitrogen and oxygen atoms in total. The molecule has 0 saturated carbocycles. The topological polar surface area (TPSA) is 69.9 Å². The number of carbonyl (C=O) groups is 1. The van der Waals surface area contributed by atoms with Gasteiger partial charge in [0.05, 0.1) is 11.7 Å². The fraction of sp³-hybridized carbons (Fsp3) is 0.304. The number of hydrogen-bond acceptors (Lipinski definition) is 4. The fourth-order valence-corrected chi connectivity index (χ4v) is 4.12. The number of aromatic nitrogens is 2. The van der Waals surface area contributed by atoms with Crippen LogP contribution in [-0.2, 0) is 11.2 Å². The van der Waals surface area contributed by atoms with Crippen LogP contribution < -0.4 is 5.48 Å². The van der Waals surface area contributed by atoms with Gasteiger partial charge in [-0.1, -0.05) is 36.8 Å². The number of amides is 1. The van der Waals surface area contributed by atoms with E-state index in [0.29, 0.717) is 6.04 Å². The van der Waals surface area contributed by atoms with Crippen molar-refractivity contribution in [2.24, 2.45) is 0 Å². The van der Waals surface area contributed by atoms with Crippen molar-refractivity contribution in [1.82, 2.24) is 20.0 Å². The Balaban J connectivity index is 1.44. The predicted octanol–water partition coefficient (Wildman–Crippen LogP) is 3.62. The average molecular weight is 390 g/mol. The summed E-state index contributed by atoms with van der Waals surface area (Å²) in [4.78, 5) is 13.7. The van der Waals surface area contributed by atoms with Crippen LogP contribution in [0.25, 0.3) is 11.6 Å². The first kappa shape index (κ1) is 19.4. The van der Waals surface area contributed by atoms with Crippen LogP contribution in [-0.4, -0.2) is 38.7 Å². The summed E-state index contributed by atoms with van der Waals surface area (Å²) in [5, 5.41) is 13.0. The van der Waals surface area contributed by atoms with E-state index in [1.54, 1.807) is 11.6 Å². The molecular formula is C23H26N4O2. The van der Waals surface area contributed by atoms with Gasteiger partial charge in [0.25, 0.3) is 5.91 Å². The number of carbonyl (C=O) groups excluding carboxylic acids is 1.